The molecule has 0 atom stereocenters. The normalized spacial score (nSPS) is 21.6. The highest BCUT2D eigenvalue weighted by molar-refractivity contribution is 7.92. The predicted molar refractivity (Wildman–Crippen MR) is 49.6 cm³/mol. The molecule has 1 aliphatic rings. The van der Waals surface area contributed by atoms with E-state index in [4.69, 9.17) is 5.21 Å². The molecule has 6 nitrogen and oxygen atoms in total. The van der Waals surface area contributed by atoms with Crippen molar-refractivity contribution in [2.45, 2.75) is 17.6 Å². The molecule has 0 saturated carbocycles. The first-order chi connectivity index (χ1) is 6.44. The molecule has 0 radical (unpaired) electrons. The lowest BCUT2D eigenvalue weighted by Crippen LogP contribution is -2.56. The lowest BCUT2D eigenvalue weighted by Gasteiger charge is -2.33. The Morgan fingerprint density at radius 1 is 1.43 bits per heavy atom. The number of nitrogens with one attached hydrogen (secondary N) is 2. The third-order valence-corrected chi connectivity index (χ3v) is 4.65. The Labute approximate surface area is 82.6 Å². The van der Waals surface area contributed by atoms with Crippen molar-refractivity contribution in [1.29, 1.82) is 0 Å². The van der Waals surface area contributed by atoms with Gasteiger partial charge >= 0.3 is 0 Å². The summed E-state index contributed by atoms with van der Waals surface area (Å²) in [6, 6.07) is 0. The Hall–Kier alpha value is -0.660. The summed E-state index contributed by atoms with van der Waals surface area (Å²) in [6.45, 7) is 0.918. The second-order valence-corrected chi connectivity index (χ2v) is 5.78. The van der Waals surface area contributed by atoms with Crippen LogP contribution in [-0.2, 0) is 14.6 Å². The van der Waals surface area contributed by atoms with E-state index < -0.39 is 20.5 Å². The number of rotatable bonds is 2. The monoisotopic (exact) mass is 222 g/mol. The highest BCUT2D eigenvalue weighted by Gasteiger charge is 2.48. The quantitative estimate of drug-likeness (QED) is 0.397. The molecule has 0 aromatic carbocycles. The lowest BCUT2D eigenvalue weighted by molar-refractivity contribution is -0.132. The minimum atomic E-state index is -3.51. The van der Waals surface area contributed by atoms with Crippen LogP contribution in [0.25, 0.3) is 0 Å². The molecule has 3 N–H and O–H groups in total. The number of carbonyl (C=O) groups is 1. The number of amides is 1. The number of sulfone groups is 1. The van der Waals surface area contributed by atoms with Crippen molar-refractivity contribution >= 4 is 15.7 Å². The summed E-state index contributed by atoms with van der Waals surface area (Å²) < 4.78 is 21.6. The van der Waals surface area contributed by atoms with Gasteiger partial charge in [0.25, 0.3) is 5.91 Å². The van der Waals surface area contributed by atoms with E-state index in [-0.39, 0.29) is 12.8 Å². The van der Waals surface area contributed by atoms with Gasteiger partial charge in [-0.2, -0.15) is 0 Å². The first-order valence-corrected chi connectivity index (χ1v) is 6.18. The van der Waals surface area contributed by atoms with Crippen LogP contribution >= 0.6 is 0 Å². The van der Waals surface area contributed by atoms with E-state index in [9.17, 15) is 13.2 Å². The smallest absolute Gasteiger partial charge is 0.264 e. The molecule has 0 aliphatic carbocycles. The van der Waals surface area contributed by atoms with Crippen LogP contribution in [0.1, 0.15) is 12.8 Å². The Bertz CT molecular complexity index is 319. The number of hydroxylamine groups is 1. The highest BCUT2D eigenvalue weighted by Crippen LogP contribution is 2.27. The van der Waals surface area contributed by atoms with E-state index in [2.05, 4.69) is 5.32 Å². The Kier molecular flexibility index (Phi) is 3.13. The van der Waals surface area contributed by atoms with Crippen molar-refractivity contribution in [2.75, 3.05) is 19.3 Å². The Balaban J connectivity index is 3.07. The second kappa shape index (κ2) is 3.84. The van der Waals surface area contributed by atoms with Crippen LogP contribution in [0.3, 0.4) is 0 Å². The van der Waals surface area contributed by atoms with E-state index in [0.717, 1.165) is 6.26 Å². The van der Waals surface area contributed by atoms with Gasteiger partial charge < -0.3 is 5.32 Å². The highest BCUT2D eigenvalue weighted by atomic mass is 32.2. The van der Waals surface area contributed by atoms with Crippen LogP contribution in [0.15, 0.2) is 0 Å². The zero-order valence-electron chi connectivity index (χ0n) is 7.91. The van der Waals surface area contributed by atoms with Crippen LogP contribution in [0.2, 0.25) is 0 Å². The summed E-state index contributed by atoms with van der Waals surface area (Å²) in [5.41, 5.74) is 1.44. The average Bonchev–Trinajstić information content (AvgIpc) is 2.16. The summed E-state index contributed by atoms with van der Waals surface area (Å²) in [5.74, 6) is -0.832. The van der Waals surface area contributed by atoms with E-state index >= 15 is 0 Å². The first kappa shape index (κ1) is 11.4. The second-order valence-electron chi connectivity index (χ2n) is 3.46. The predicted octanol–water partition coefficient (Wildman–Crippen LogP) is -1.34. The van der Waals surface area contributed by atoms with E-state index in [0.29, 0.717) is 13.1 Å². The minimum Gasteiger partial charge on any atom is -0.317 e. The molecule has 1 fully saturated rings. The van der Waals surface area contributed by atoms with Gasteiger partial charge in [0, 0.05) is 6.26 Å². The molecule has 0 unspecified atom stereocenters. The van der Waals surface area contributed by atoms with E-state index in [1.54, 1.807) is 0 Å². The summed E-state index contributed by atoms with van der Waals surface area (Å²) in [5, 5.41) is 11.5. The largest absolute Gasteiger partial charge is 0.317 e. The number of piperidine rings is 1. The Morgan fingerprint density at radius 3 is 2.29 bits per heavy atom. The van der Waals surface area contributed by atoms with Crippen LogP contribution in [-0.4, -0.2) is 43.6 Å². The molecule has 1 heterocycles. The molecular formula is C7H14N2O4S. The fraction of sp³-hybridized carbons (Fsp3) is 0.857. The molecule has 1 rings (SSSR count). The van der Waals surface area contributed by atoms with Gasteiger partial charge in [-0.1, -0.05) is 0 Å². The molecule has 1 amide bonds. The van der Waals surface area contributed by atoms with Crippen molar-refractivity contribution in [3.8, 4) is 0 Å². The summed E-state index contributed by atoms with van der Waals surface area (Å²) >= 11 is 0. The van der Waals surface area contributed by atoms with Gasteiger partial charge in [-0.05, 0) is 25.9 Å². The average molecular weight is 222 g/mol. The fourth-order valence-corrected chi connectivity index (χ4v) is 3.03. The maximum atomic E-state index is 11.5. The zero-order chi connectivity index (χ0) is 10.8. The molecule has 1 saturated heterocycles. The molecule has 82 valence electrons. The maximum absolute atomic E-state index is 11.5. The van der Waals surface area contributed by atoms with Crippen molar-refractivity contribution in [3.05, 3.63) is 0 Å². The molecular weight excluding hydrogens is 208 g/mol. The summed E-state index contributed by atoms with van der Waals surface area (Å²) in [7, 11) is -3.51. The summed E-state index contributed by atoms with van der Waals surface area (Å²) in [4.78, 5) is 11.4. The van der Waals surface area contributed by atoms with Gasteiger partial charge in [0.1, 0.15) is 0 Å². The standard InChI is InChI=1S/C7H14N2O4S/c1-14(12,13)7(6(10)9-11)2-4-8-5-3-7/h8,11H,2-5H2,1H3,(H,9,10). The van der Waals surface area contributed by atoms with Gasteiger partial charge in [-0.3, -0.25) is 10.0 Å². The molecule has 0 aromatic rings. The molecule has 1 aliphatic heterocycles. The van der Waals surface area contributed by atoms with Gasteiger partial charge in [-0.15, -0.1) is 0 Å². The van der Waals surface area contributed by atoms with Gasteiger partial charge in [0.15, 0.2) is 14.6 Å². The SMILES string of the molecule is CS(=O)(=O)C1(C(=O)NO)CCNCC1. The summed E-state index contributed by atoms with van der Waals surface area (Å²) in [6.07, 6.45) is 1.41. The Morgan fingerprint density at radius 2 is 1.93 bits per heavy atom. The third kappa shape index (κ3) is 1.75. The number of carbonyl (C=O) groups excluding carboxylic acids is 1. The van der Waals surface area contributed by atoms with Crippen LogP contribution < -0.4 is 10.8 Å². The maximum Gasteiger partial charge on any atom is 0.264 e. The number of hydrogen-bond donors (Lipinski definition) is 3. The number of hydrogen-bond acceptors (Lipinski definition) is 5. The van der Waals surface area contributed by atoms with E-state index in [1.165, 1.54) is 5.48 Å². The molecule has 0 spiro atoms. The lowest BCUT2D eigenvalue weighted by atomic mass is 9.96. The minimum absolute atomic E-state index is 0.193. The third-order valence-electron chi connectivity index (χ3n) is 2.64. The zero-order valence-corrected chi connectivity index (χ0v) is 8.73. The molecule has 14 heavy (non-hydrogen) atoms. The first-order valence-electron chi connectivity index (χ1n) is 4.29. The van der Waals surface area contributed by atoms with Gasteiger partial charge in [0.05, 0.1) is 0 Å². The van der Waals surface area contributed by atoms with Crippen LogP contribution in [0.5, 0.6) is 0 Å². The van der Waals surface area contributed by atoms with E-state index in [1.807, 2.05) is 0 Å². The van der Waals surface area contributed by atoms with Gasteiger partial charge in [-0.25, -0.2) is 13.9 Å². The van der Waals surface area contributed by atoms with Gasteiger partial charge in [0.2, 0.25) is 0 Å². The van der Waals surface area contributed by atoms with Crippen LogP contribution in [0.4, 0.5) is 0 Å². The topological polar surface area (TPSA) is 95.5 Å². The molecule has 0 bridgehead atoms. The molecule has 7 heteroatoms. The van der Waals surface area contributed by atoms with Crippen molar-refractivity contribution in [2.24, 2.45) is 0 Å². The fourth-order valence-electron chi connectivity index (χ4n) is 1.70. The van der Waals surface area contributed by atoms with Crippen LogP contribution in [0, 0.1) is 0 Å². The van der Waals surface area contributed by atoms with Crippen molar-refractivity contribution in [3.63, 3.8) is 0 Å². The molecule has 0 aromatic heterocycles. The van der Waals surface area contributed by atoms with Crippen molar-refractivity contribution in [1.82, 2.24) is 10.8 Å². The van der Waals surface area contributed by atoms with Crippen molar-refractivity contribution < 1.29 is 18.4 Å².